The predicted molar refractivity (Wildman–Crippen MR) is 56.2 cm³/mol. The molecule has 0 spiro atoms. The number of carbonyl (C=O) groups excluding carboxylic acids is 2. The molecule has 0 saturated carbocycles. The molecule has 1 unspecified atom stereocenters. The molecule has 1 aliphatic heterocycles. The Bertz CT molecular complexity index is 361. The third-order valence-corrected chi connectivity index (χ3v) is 2.84. The monoisotopic (exact) mass is 203 g/mol. The molecule has 2 atom stereocenters. The Morgan fingerprint density at radius 2 is 2.07 bits per heavy atom. The molecule has 3 nitrogen and oxygen atoms in total. The van der Waals surface area contributed by atoms with Gasteiger partial charge in [0.25, 0.3) is 0 Å². The maximum atomic E-state index is 11.5. The summed E-state index contributed by atoms with van der Waals surface area (Å²) < 4.78 is 0. The highest BCUT2D eigenvalue weighted by Gasteiger charge is 2.34. The van der Waals surface area contributed by atoms with Crippen molar-refractivity contribution in [2.24, 2.45) is 11.8 Å². The molecule has 3 heteroatoms. The van der Waals surface area contributed by atoms with Crippen LogP contribution in [0.25, 0.3) is 0 Å². The van der Waals surface area contributed by atoms with Gasteiger partial charge in [0, 0.05) is 12.5 Å². The van der Waals surface area contributed by atoms with Crippen molar-refractivity contribution >= 4 is 12.2 Å². The summed E-state index contributed by atoms with van der Waals surface area (Å²) >= 11 is 0. The topological polar surface area (TPSA) is 46.2 Å². The summed E-state index contributed by atoms with van der Waals surface area (Å²) in [4.78, 5) is 22.2. The summed E-state index contributed by atoms with van der Waals surface area (Å²) in [5, 5.41) is 2.72. The van der Waals surface area contributed by atoms with Crippen LogP contribution in [0.1, 0.15) is 5.56 Å². The molecule has 1 heterocycles. The number of hydrogen-bond donors (Lipinski definition) is 1. The summed E-state index contributed by atoms with van der Waals surface area (Å²) in [6.07, 6.45) is 1.53. The third-order valence-electron chi connectivity index (χ3n) is 2.84. The molecule has 0 aromatic heterocycles. The number of aldehydes is 1. The Hall–Kier alpha value is -1.64. The van der Waals surface area contributed by atoms with Crippen molar-refractivity contribution in [1.29, 1.82) is 0 Å². The molecule has 1 fully saturated rings. The highest BCUT2D eigenvalue weighted by molar-refractivity contribution is 5.85. The number of rotatable bonds is 3. The van der Waals surface area contributed by atoms with E-state index in [4.69, 9.17) is 0 Å². The van der Waals surface area contributed by atoms with Crippen LogP contribution < -0.4 is 5.32 Å². The standard InChI is InChI=1S/C12H13NO2/c14-8-10-7-13-12(15)11(10)6-9-4-2-1-3-5-9/h1-5,8,10-11H,6-7H2,(H,13,15)/t10?,11-/m1/s1. The molecular weight excluding hydrogens is 190 g/mol. The Labute approximate surface area is 88.5 Å². The van der Waals surface area contributed by atoms with Crippen LogP contribution in [0.5, 0.6) is 0 Å². The van der Waals surface area contributed by atoms with Gasteiger partial charge in [0.1, 0.15) is 6.29 Å². The van der Waals surface area contributed by atoms with E-state index in [0.29, 0.717) is 13.0 Å². The van der Waals surface area contributed by atoms with Crippen LogP contribution in [0.15, 0.2) is 30.3 Å². The van der Waals surface area contributed by atoms with E-state index in [-0.39, 0.29) is 17.7 Å². The zero-order valence-corrected chi connectivity index (χ0v) is 8.35. The normalized spacial score (nSPS) is 24.9. The van der Waals surface area contributed by atoms with E-state index in [1.54, 1.807) is 0 Å². The zero-order chi connectivity index (χ0) is 10.7. The van der Waals surface area contributed by atoms with E-state index < -0.39 is 0 Å². The molecular formula is C12H13NO2. The maximum absolute atomic E-state index is 11.5. The highest BCUT2D eigenvalue weighted by atomic mass is 16.2. The van der Waals surface area contributed by atoms with Crippen molar-refractivity contribution in [1.82, 2.24) is 5.32 Å². The van der Waals surface area contributed by atoms with E-state index in [9.17, 15) is 9.59 Å². The molecule has 0 aliphatic carbocycles. The molecule has 15 heavy (non-hydrogen) atoms. The smallest absolute Gasteiger partial charge is 0.224 e. The summed E-state index contributed by atoms with van der Waals surface area (Å²) in [7, 11) is 0. The van der Waals surface area contributed by atoms with Crippen LogP contribution in [0, 0.1) is 11.8 Å². The Morgan fingerprint density at radius 1 is 1.33 bits per heavy atom. The molecule has 2 rings (SSSR count). The first kappa shape index (κ1) is 9.90. The van der Waals surface area contributed by atoms with Crippen LogP contribution in [-0.4, -0.2) is 18.7 Å². The van der Waals surface area contributed by atoms with Crippen molar-refractivity contribution in [3.8, 4) is 0 Å². The fraction of sp³-hybridized carbons (Fsp3) is 0.333. The van der Waals surface area contributed by atoms with Gasteiger partial charge in [-0.3, -0.25) is 4.79 Å². The first-order valence-electron chi connectivity index (χ1n) is 5.08. The van der Waals surface area contributed by atoms with Crippen molar-refractivity contribution in [3.63, 3.8) is 0 Å². The molecule has 1 aromatic carbocycles. The molecule has 0 radical (unpaired) electrons. The Kier molecular flexibility index (Phi) is 2.81. The van der Waals surface area contributed by atoms with Gasteiger partial charge in [-0.2, -0.15) is 0 Å². The van der Waals surface area contributed by atoms with Gasteiger partial charge in [0.05, 0.1) is 5.92 Å². The van der Waals surface area contributed by atoms with Crippen molar-refractivity contribution in [2.45, 2.75) is 6.42 Å². The Balaban J connectivity index is 2.10. The van der Waals surface area contributed by atoms with E-state index in [1.165, 1.54) is 0 Å². The lowest BCUT2D eigenvalue weighted by atomic mass is 9.90. The van der Waals surface area contributed by atoms with Gasteiger partial charge in [0.2, 0.25) is 5.91 Å². The predicted octanol–water partition coefficient (Wildman–Crippen LogP) is 0.790. The van der Waals surface area contributed by atoms with Crippen molar-refractivity contribution < 1.29 is 9.59 Å². The average Bonchev–Trinajstić information content (AvgIpc) is 2.62. The van der Waals surface area contributed by atoms with E-state index in [0.717, 1.165) is 11.8 Å². The summed E-state index contributed by atoms with van der Waals surface area (Å²) in [5.41, 5.74) is 1.10. The molecule has 78 valence electrons. The molecule has 1 aliphatic rings. The van der Waals surface area contributed by atoms with Crippen LogP contribution in [-0.2, 0) is 16.0 Å². The first-order valence-corrected chi connectivity index (χ1v) is 5.08. The highest BCUT2D eigenvalue weighted by Crippen LogP contribution is 2.20. The van der Waals surface area contributed by atoms with Gasteiger partial charge in [0.15, 0.2) is 0 Å². The second kappa shape index (κ2) is 4.26. The number of benzene rings is 1. The van der Waals surface area contributed by atoms with Gasteiger partial charge >= 0.3 is 0 Å². The number of carbonyl (C=O) groups is 2. The van der Waals surface area contributed by atoms with Crippen molar-refractivity contribution in [2.75, 3.05) is 6.54 Å². The second-order valence-corrected chi connectivity index (χ2v) is 3.84. The van der Waals surface area contributed by atoms with Crippen LogP contribution >= 0.6 is 0 Å². The van der Waals surface area contributed by atoms with Crippen LogP contribution in [0.2, 0.25) is 0 Å². The largest absolute Gasteiger partial charge is 0.355 e. The average molecular weight is 203 g/mol. The minimum absolute atomic E-state index is 0.00375. The van der Waals surface area contributed by atoms with E-state index in [2.05, 4.69) is 5.32 Å². The molecule has 1 aromatic rings. The lowest BCUT2D eigenvalue weighted by Gasteiger charge is -2.10. The number of hydrogen-bond acceptors (Lipinski definition) is 2. The summed E-state index contributed by atoms with van der Waals surface area (Å²) in [6.45, 7) is 0.486. The lowest BCUT2D eigenvalue weighted by Crippen LogP contribution is -2.22. The van der Waals surface area contributed by atoms with Crippen LogP contribution in [0.4, 0.5) is 0 Å². The molecule has 1 N–H and O–H groups in total. The summed E-state index contributed by atoms with van der Waals surface area (Å²) in [5.74, 6) is -0.362. The maximum Gasteiger partial charge on any atom is 0.224 e. The quantitative estimate of drug-likeness (QED) is 0.738. The van der Waals surface area contributed by atoms with Gasteiger partial charge in [-0.05, 0) is 12.0 Å². The second-order valence-electron chi connectivity index (χ2n) is 3.84. The van der Waals surface area contributed by atoms with Crippen LogP contribution in [0.3, 0.4) is 0 Å². The Morgan fingerprint density at radius 3 is 2.73 bits per heavy atom. The van der Waals surface area contributed by atoms with Gasteiger partial charge in [-0.25, -0.2) is 0 Å². The minimum Gasteiger partial charge on any atom is -0.355 e. The number of nitrogens with one attached hydrogen (secondary N) is 1. The fourth-order valence-electron chi connectivity index (χ4n) is 1.94. The third kappa shape index (κ3) is 2.06. The molecule has 0 bridgehead atoms. The van der Waals surface area contributed by atoms with Gasteiger partial charge < -0.3 is 10.1 Å². The van der Waals surface area contributed by atoms with E-state index in [1.807, 2.05) is 30.3 Å². The number of amides is 1. The van der Waals surface area contributed by atoms with Gasteiger partial charge in [-0.15, -0.1) is 0 Å². The zero-order valence-electron chi connectivity index (χ0n) is 8.35. The van der Waals surface area contributed by atoms with Crippen molar-refractivity contribution in [3.05, 3.63) is 35.9 Å². The summed E-state index contributed by atoms with van der Waals surface area (Å²) in [6, 6.07) is 9.78. The fourth-order valence-corrected chi connectivity index (χ4v) is 1.94. The molecule has 1 saturated heterocycles. The van der Waals surface area contributed by atoms with Gasteiger partial charge in [-0.1, -0.05) is 30.3 Å². The SMILES string of the molecule is O=CC1CNC(=O)[C@@H]1Cc1ccccc1. The lowest BCUT2D eigenvalue weighted by molar-refractivity contribution is -0.124. The first-order chi connectivity index (χ1) is 7.31. The minimum atomic E-state index is -0.190. The molecule has 1 amide bonds. The van der Waals surface area contributed by atoms with E-state index >= 15 is 0 Å².